The molecule has 1 heterocycles. The predicted molar refractivity (Wildman–Crippen MR) is 97.4 cm³/mol. The fourth-order valence-electron chi connectivity index (χ4n) is 2.35. The van der Waals surface area contributed by atoms with Crippen molar-refractivity contribution in [2.75, 3.05) is 11.4 Å². The van der Waals surface area contributed by atoms with Crippen LogP contribution in [0.3, 0.4) is 0 Å². The Hall–Kier alpha value is -1.17. The van der Waals surface area contributed by atoms with Crippen LogP contribution in [0, 0.1) is 17.4 Å². The molecule has 112 valence electrons. The Labute approximate surface area is 141 Å². The number of benzene rings is 1. The molecule has 0 spiro atoms. The van der Waals surface area contributed by atoms with Gasteiger partial charge in [0.1, 0.15) is 0 Å². The Kier molecular flexibility index (Phi) is 5.19. The zero-order valence-electron chi connectivity index (χ0n) is 13.3. The predicted octanol–water partition coefficient (Wildman–Crippen LogP) is 4.98. The summed E-state index contributed by atoms with van der Waals surface area (Å²) in [5, 5.41) is 0. The highest BCUT2D eigenvalue weighted by atomic mass is 127. The van der Waals surface area contributed by atoms with Gasteiger partial charge in [0.15, 0.2) is 0 Å². The Morgan fingerprint density at radius 1 is 1.10 bits per heavy atom. The summed E-state index contributed by atoms with van der Waals surface area (Å²) in [6.45, 7) is 11.4. The smallest absolute Gasteiger partial charge is 0.230 e. The lowest BCUT2D eigenvalue weighted by molar-refractivity contribution is 0.862. The molecule has 0 saturated heterocycles. The van der Waals surface area contributed by atoms with Crippen LogP contribution >= 0.6 is 22.6 Å². The van der Waals surface area contributed by atoms with Gasteiger partial charge in [-0.15, -0.1) is 0 Å². The topological polar surface area (TPSA) is 29.0 Å². The number of aryl methyl sites for hydroxylation is 2. The van der Waals surface area contributed by atoms with Gasteiger partial charge in [0.2, 0.25) is 5.95 Å². The first-order chi connectivity index (χ1) is 9.92. The van der Waals surface area contributed by atoms with Crippen LogP contribution in [0.25, 0.3) is 0 Å². The highest BCUT2D eigenvalue weighted by molar-refractivity contribution is 14.1. The van der Waals surface area contributed by atoms with E-state index >= 15 is 0 Å². The third-order valence-electron chi connectivity index (χ3n) is 3.46. The average Bonchev–Trinajstić information content (AvgIpc) is 2.40. The number of hydrogen-bond donors (Lipinski definition) is 0. The summed E-state index contributed by atoms with van der Waals surface area (Å²) >= 11 is 2.40. The van der Waals surface area contributed by atoms with Crippen molar-refractivity contribution in [2.24, 2.45) is 0 Å². The van der Waals surface area contributed by atoms with Crippen LogP contribution < -0.4 is 4.90 Å². The van der Waals surface area contributed by atoms with Crippen LogP contribution in [0.15, 0.2) is 24.3 Å². The molecule has 4 heteroatoms. The molecule has 0 aliphatic carbocycles. The lowest BCUT2D eigenvalue weighted by atomic mass is 10.0. The number of rotatable bonds is 4. The van der Waals surface area contributed by atoms with E-state index in [1.165, 1.54) is 14.8 Å². The van der Waals surface area contributed by atoms with Crippen molar-refractivity contribution >= 4 is 34.2 Å². The van der Waals surface area contributed by atoms with Crippen molar-refractivity contribution in [1.82, 2.24) is 9.97 Å². The molecule has 0 saturated carbocycles. The number of aromatic nitrogens is 2. The molecular formula is C17H22IN3. The summed E-state index contributed by atoms with van der Waals surface area (Å²) in [6.07, 6.45) is 0. The Bertz CT molecular complexity index is 618. The zero-order valence-corrected chi connectivity index (χ0v) is 15.5. The second-order valence-corrected chi connectivity index (χ2v) is 6.72. The molecular weight excluding hydrogens is 373 g/mol. The molecule has 21 heavy (non-hydrogen) atoms. The molecule has 2 aromatic rings. The van der Waals surface area contributed by atoms with Crippen molar-refractivity contribution in [3.8, 4) is 0 Å². The lowest BCUT2D eigenvalue weighted by Crippen LogP contribution is -2.20. The normalized spacial score (nSPS) is 11.0. The monoisotopic (exact) mass is 395 g/mol. The molecule has 1 aromatic heterocycles. The van der Waals surface area contributed by atoms with Crippen LogP contribution in [0.2, 0.25) is 0 Å². The molecule has 0 atom stereocenters. The molecule has 0 radical (unpaired) electrons. The maximum Gasteiger partial charge on any atom is 0.230 e. The number of hydrogen-bond acceptors (Lipinski definition) is 3. The lowest BCUT2D eigenvalue weighted by Gasteiger charge is -2.23. The summed E-state index contributed by atoms with van der Waals surface area (Å²) in [5.41, 5.74) is 4.54. The third-order valence-corrected chi connectivity index (χ3v) is 4.32. The van der Waals surface area contributed by atoms with Gasteiger partial charge in [0.05, 0.1) is 5.69 Å². The Morgan fingerprint density at radius 3 is 2.19 bits per heavy atom. The summed E-state index contributed by atoms with van der Waals surface area (Å²) in [7, 11) is 0. The van der Waals surface area contributed by atoms with E-state index in [0.717, 1.165) is 23.9 Å². The summed E-state index contributed by atoms with van der Waals surface area (Å²) < 4.78 is 1.24. The molecule has 3 nitrogen and oxygen atoms in total. The number of halogens is 1. The van der Waals surface area contributed by atoms with Gasteiger partial charge < -0.3 is 4.90 Å². The molecule has 1 aromatic carbocycles. The van der Waals surface area contributed by atoms with Crippen LogP contribution in [-0.2, 0) is 0 Å². The highest BCUT2D eigenvalue weighted by Crippen LogP contribution is 2.30. The SMILES string of the molecule is CCN(c1nc(C)cc(C)n1)c1ccc(C(C)C)cc1I. The van der Waals surface area contributed by atoms with Crippen molar-refractivity contribution in [3.63, 3.8) is 0 Å². The first-order valence-electron chi connectivity index (χ1n) is 7.31. The summed E-state index contributed by atoms with van der Waals surface area (Å²) in [4.78, 5) is 11.4. The van der Waals surface area contributed by atoms with E-state index in [-0.39, 0.29) is 0 Å². The molecule has 0 aliphatic rings. The van der Waals surface area contributed by atoms with E-state index in [9.17, 15) is 0 Å². The van der Waals surface area contributed by atoms with Gasteiger partial charge >= 0.3 is 0 Å². The van der Waals surface area contributed by atoms with Gasteiger partial charge in [-0.25, -0.2) is 9.97 Å². The highest BCUT2D eigenvalue weighted by Gasteiger charge is 2.15. The van der Waals surface area contributed by atoms with E-state index in [1.807, 2.05) is 19.9 Å². The Balaban J connectivity index is 2.46. The largest absolute Gasteiger partial charge is 0.310 e. The molecule has 0 N–H and O–H groups in total. The molecule has 0 amide bonds. The standard InChI is InChI=1S/C17H22IN3/c1-6-21(17-19-12(4)9-13(5)20-17)16-8-7-14(11(2)3)10-15(16)18/h7-11H,6H2,1-5H3. The van der Waals surface area contributed by atoms with Crippen LogP contribution in [0.5, 0.6) is 0 Å². The van der Waals surface area contributed by atoms with Crippen molar-refractivity contribution in [1.29, 1.82) is 0 Å². The van der Waals surface area contributed by atoms with Crippen LogP contribution in [0.4, 0.5) is 11.6 Å². The first-order valence-corrected chi connectivity index (χ1v) is 8.39. The molecule has 0 fully saturated rings. The van der Waals surface area contributed by atoms with Crippen molar-refractivity contribution < 1.29 is 0 Å². The second kappa shape index (κ2) is 6.73. The van der Waals surface area contributed by atoms with Crippen LogP contribution in [0.1, 0.15) is 43.6 Å². The molecule has 2 rings (SSSR count). The van der Waals surface area contributed by atoms with Crippen LogP contribution in [-0.4, -0.2) is 16.5 Å². The van der Waals surface area contributed by atoms with Gasteiger partial charge in [0.25, 0.3) is 0 Å². The fourth-order valence-corrected chi connectivity index (χ4v) is 3.18. The van der Waals surface area contributed by atoms with Gasteiger partial charge in [-0.1, -0.05) is 19.9 Å². The molecule has 0 aliphatic heterocycles. The van der Waals surface area contributed by atoms with Crippen molar-refractivity contribution in [2.45, 2.75) is 40.5 Å². The van der Waals surface area contributed by atoms with Crippen molar-refractivity contribution in [3.05, 3.63) is 44.8 Å². The van der Waals surface area contributed by atoms with E-state index < -0.39 is 0 Å². The van der Waals surface area contributed by atoms with Gasteiger partial charge in [-0.3, -0.25) is 0 Å². The minimum atomic E-state index is 0.542. The van der Waals surface area contributed by atoms with E-state index in [4.69, 9.17) is 0 Å². The van der Waals surface area contributed by atoms with E-state index in [1.54, 1.807) is 0 Å². The summed E-state index contributed by atoms with van der Waals surface area (Å²) in [5.74, 6) is 1.32. The molecule has 0 bridgehead atoms. The third kappa shape index (κ3) is 3.73. The first kappa shape index (κ1) is 16.2. The second-order valence-electron chi connectivity index (χ2n) is 5.56. The van der Waals surface area contributed by atoms with Gasteiger partial charge in [-0.05, 0) is 73.0 Å². The maximum absolute atomic E-state index is 4.59. The Morgan fingerprint density at radius 2 is 1.71 bits per heavy atom. The van der Waals surface area contributed by atoms with Gasteiger partial charge in [0, 0.05) is 21.5 Å². The number of anilines is 2. The zero-order chi connectivity index (χ0) is 15.6. The average molecular weight is 395 g/mol. The fraction of sp³-hybridized carbons (Fsp3) is 0.412. The minimum Gasteiger partial charge on any atom is -0.310 e. The quantitative estimate of drug-likeness (QED) is 0.684. The van der Waals surface area contributed by atoms with E-state index in [2.05, 4.69) is 76.4 Å². The maximum atomic E-state index is 4.59. The number of nitrogens with zero attached hydrogens (tertiary/aromatic N) is 3. The minimum absolute atomic E-state index is 0.542. The molecule has 0 unspecified atom stereocenters. The van der Waals surface area contributed by atoms with Gasteiger partial charge in [-0.2, -0.15) is 0 Å². The van der Waals surface area contributed by atoms with E-state index in [0.29, 0.717) is 5.92 Å². The summed E-state index contributed by atoms with van der Waals surface area (Å²) in [6, 6.07) is 8.64.